The molecule has 3 nitrogen and oxygen atoms in total. The summed E-state index contributed by atoms with van der Waals surface area (Å²) in [6, 6.07) is 9.84. The van der Waals surface area contributed by atoms with E-state index in [9.17, 15) is 4.79 Å². The van der Waals surface area contributed by atoms with Gasteiger partial charge < -0.3 is 10.6 Å². The Bertz CT molecular complexity index is 552. The fraction of sp³-hybridized carbons (Fsp3) is 0.526. The quantitative estimate of drug-likeness (QED) is 0.793. The molecular weight excluding hydrogens is 272 g/mol. The SMILES string of the molecule is C=CC(=O)NC1CC2(CC(NCc3cccc(CC)c3)C2)C1. The molecule has 118 valence electrons. The van der Waals surface area contributed by atoms with Crippen molar-refractivity contribution in [1.29, 1.82) is 0 Å². The Morgan fingerprint density at radius 1 is 1.27 bits per heavy atom. The zero-order valence-corrected chi connectivity index (χ0v) is 13.4. The molecule has 2 saturated carbocycles. The minimum Gasteiger partial charge on any atom is -0.350 e. The maximum atomic E-state index is 11.3. The predicted molar refractivity (Wildman–Crippen MR) is 89.5 cm³/mol. The Kier molecular flexibility index (Phi) is 4.34. The number of hydrogen-bond acceptors (Lipinski definition) is 2. The molecule has 2 fully saturated rings. The summed E-state index contributed by atoms with van der Waals surface area (Å²) in [7, 11) is 0. The van der Waals surface area contributed by atoms with E-state index < -0.39 is 0 Å². The van der Waals surface area contributed by atoms with Gasteiger partial charge in [-0.05, 0) is 54.7 Å². The summed E-state index contributed by atoms with van der Waals surface area (Å²) in [5.74, 6) is -0.0374. The summed E-state index contributed by atoms with van der Waals surface area (Å²) in [5.41, 5.74) is 3.29. The molecule has 22 heavy (non-hydrogen) atoms. The zero-order chi connectivity index (χ0) is 15.6. The first-order valence-electron chi connectivity index (χ1n) is 8.36. The van der Waals surface area contributed by atoms with Gasteiger partial charge in [-0.25, -0.2) is 0 Å². The van der Waals surface area contributed by atoms with Gasteiger partial charge in [0.1, 0.15) is 0 Å². The van der Waals surface area contributed by atoms with Gasteiger partial charge in [-0.15, -0.1) is 0 Å². The van der Waals surface area contributed by atoms with Crippen molar-refractivity contribution < 1.29 is 4.79 Å². The molecule has 0 atom stereocenters. The van der Waals surface area contributed by atoms with Crippen molar-refractivity contribution in [2.45, 2.75) is 57.7 Å². The molecule has 1 spiro atoms. The summed E-state index contributed by atoms with van der Waals surface area (Å²) in [5, 5.41) is 6.67. The average Bonchev–Trinajstić information content (AvgIpc) is 2.47. The highest BCUT2D eigenvalue weighted by Crippen LogP contribution is 2.55. The number of carbonyl (C=O) groups excluding carboxylic acids is 1. The highest BCUT2D eigenvalue weighted by Gasteiger charge is 2.52. The predicted octanol–water partition coefficient (Wildman–Crippen LogP) is 2.95. The lowest BCUT2D eigenvalue weighted by Crippen LogP contribution is -2.60. The van der Waals surface area contributed by atoms with Crippen LogP contribution in [0, 0.1) is 5.41 Å². The van der Waals surface area contributed by atoms with Crippen LogP contribution in [0.2, 0.25) is 0 Å². The molecule has 0 aliphatic heterocycles. The molecule has 2 aliphatic rings. The van der Waals surface area contributed by atoms with Crippen molar-refractivity contribution in [3.8, 4) is 0 Å². The standard InChI is InChI=1S/C19H26N2O/c1-3-14-6-5-7-15(8-14)13-20-16-9-19(10-16)11-17(12-19)21-18(22)4-2/h4-8,16-17,20H,2-3,9-13H2,1H3,(H,21,22). The summed E-state index contributed by atoms with van der Waals surface area (Å²) in [6.07, 6.45) is 7.23. The maximum Gasteiger partial charge on any atom is 0.243 e. The van der Waals surface area contributed by atoms with Crippen LogP contribution in [-0.2, 0) is 17.8 Å². The van der Waals surface area contributed by atoms with Crippen molar-refractivity contribution >= 4 is 5.91 Å². The van der Waals surface area contributed by atoms with E-state index in [2.05, 4.69) is 48.4 Å². The zero-order valence-electron chi connectivity index (χ0n) is 13.4. The number of aryl methyl sites for hydroxylation is 1. The van der Waals surface area contributed by atoms with Gasteiger partial charge in [0.05, 0.1) is 0 Å². The topological polar surface area (TPSA) is 41.1 Å². The Morgan fingerprint density at radius 2 is 1.95 bits per heavy atom. The molecular formula is C19H26N2O. The monoisotopic (exact) mass is 298 g/mol. The minimum absolute atomic E-state index is 0.0374. The van der Waals surface area contributed by atoms with Crippen LogP contribution in [0.15, 0.2) is 36.9 Å². The molecule has 0 aromatic heterocycles. The van der Waals surface area contributed by atoms with Crippen molar-refractivity contribution in [2.24, 2.45) is 5.41 Å². The lowest BCUT2D eigenvalue weighted by atomic mass is 9.52. The Labute approximate surface area is 133 Å². The highest BCUT2D eigenvalue weighted by atomic mass is 16.1. The van der Waals surface area contributed by atoms with E-state index in [1.165, 1.54) is 30.0 Å². The van der Waals surface area contributed by atoms with Crippen LogP contribution in [0.4, 0.5) is 0 Å². The van der Waals surface area contributed by atoms with Crippen molar-refractivity contribution in [3.05, 3.63) is 48.0 Å². The third kappa shape index (κ3) is 3.25. The number of benzene rings is 1. The number of amides is 1. The largest absolute Gasteiger partial charge is 0.350 e. The number of rotatable bonds is 6. The molecule has 1 amide bonds. The van der Waals surface area contributed by atoms with Gasteiger partial charge in [0, 0.05) is 18.6 Å². The molecule has 0 radical (unpaired) electrons. The van der Waals surface area contributed by atoms with E-state index in [0.717, 1.165) is 25.8 Å². The second kappa shape index (κ2) is 6.25. The van der Waals surface area contributed by atoms with Crippen LogP contribution in [0.3, 0.4) is 0 Å². The number of carbonyl (C=O) groups is 1. The molecule has 3 rings (SSSR count). The van der Waals surface area contributed by atoms with Gasteiger partial charge in [0.2, 0.25) is 5.91 Å². The highest BCUT2D eigenvalue weighted by molar-refractivity contribution is 5.87. The second-order valence-electron chi connectivity index (χ2n) is 6.98. The first-order chi connectivity index (χ1) is 10.6. The molecule has 2 N–H and O–H groups in total. The molecule has 1 aromatic rings. The normalized spacial score (nSPS) is 29.5. The molecule has 0 saturated heterocycles. The van der Waals surface area contributed by atoms with Crippen molar-refractivity contribution in [1.82, 2.24) is 10.6 Å². The van der Waals surface area contributed by atoms with E-state index >= 15 is 0 Å². The van der Waals surface area contributed by atoms with E-state index in [1.54, 1.807) is 0 Å². The van der Waals surface area contributed by atoms with Crippen LogP contribution in [0.1, 0.15) is 43.7 Å². The van der Waals surface area contributed by atoms with Crippen LogP contribution in [0.25, 0.3) is 0 Å². The summed E-state index contributed by atoms with van der Waals surface area (Å²) in [4.78, 5) is 11.3. The van der Waals surface area contributed by atoms with Gasteiger partial charge in [0.25, 0.3) is 0 Å². The van der Waals surface area contributed by atoms with Gasteiger partial charge in [-0.1, -0.05) is 37.8 Å². The smallest absolute Gasteiger partial charge is 0.243 e. The molecule has 2 aliphatic carbocycles. The average molecular weight is 298 g/mol. The van der Waals surface area contributed by atoms with Crippen molar-refractivity contribution in [2.75, 3.05) is 0 Å². The lowest BCUT2D eigenvalue weighted by Gasteiger charge is -2.58. The van der Waals surface area contributed by atoms with Gasteiger partial charge in [-0.2, -0.15) is 0 Å². The second-order valence-corrected chi connectivity index (χ2v) is 6.98. The van der Waals surface area contributed by atoms with Gasteiger partial charge in [-0.3, -0.25) is 4.79 Å². The summed E-state index contributed by atoms with van der Waals surface area (Å²) < 4.78 is 0. The van der Waals surface area contributed by atoms with Crippen LogP contribution in [0.5, 0.6) is 0 Å². The minimum atomic E-state index is -0.0374. The maximum absolute atomic E-state index is 11.3. The van der Waals surface area contributed by atoms with E-state index in [0.29, 0.717) is 17.5 Å². The Balaban J connectivity index is 1.38. The third-order valence-electron chi connectivity index (χ3n) is 5.24. The fourth-order valence-corrected chi connectivity index (χ4v) is 4.03. The fourth-order valence-electron chi connectivity index (χ4n) is 4.03. The van der Waals surface area contributed by atoms with Crippen LogP contribution < -0.4 is 10.6 Å². The van der Waals surface area contributed by atoms with E-state index in [1.807, 2.05) is 0 Å². The van der Waals surface area contributed by atoms with Crippen LogP contribution >= 0.6 is 0 Å². The lowest BCUT2D eigenvalue weighted by molar-refractivity contribution is -0.120. The summed E-state index contributed by atoms with van der Waals surface area (Å²) >= 11 is 0. The number of nitrogens with one attached hydrogen (secondary N) is 2. The molecule has 0 heterocycles. The Morgan fingerprint density at radius 3 is 2.64 bits per heavy atom. The molecule has 0 bridgehead atoms. The third-order valence-corrected chi connectivity index (χ3v) is 5.24. The van der Waals surface area contributed by atoms with E-state index in [4.69, 9.17) is 0 Å². The first kappa shape index (κ1) is 15.3. The first-order valence-corrected chi connectivity index (χ1v) is 8.36. The molecule has 1 aromatic carbocycles. The van der Waals surface area contributed by atoms with Gasteiger partial charge >= 0.3 is 0 Å². The van der Waals surface area contributed by atoms with Crippen LogP contribution in [-0.4, -0.2) is 18.0 Å². The van der Waals surface area contributed by atoms with E-state index in [-0.39, 0.29) is 5.91 Å². The number of hydrogen-bond donors (Lipinski definition) is 2. The Hall–Kier alpha value is -1.61. The summed E-state index contributed by atoms with van der Waals surface area (Å²) in [6.45, 7) is 6.66. The van der Waals surface area contributed by atoms with Gasteiger partial charge in [0.15, 0.2) is 0 Å². The molecule has 0 unspecified atom stereocenters. The molecule has 3 heteroatoms. The van der Waals surface area contributed by atoms with Crippen molar-refractivity contribution in [3.63, 3.8) is 0 Å².